The highest BCUT2D eigenvalue weighted by atomic mass is 16.6. The zero-order valence-corrected chi connectivity index (χ0v) is 5.13. The molecule has 0 aromatic heterocycles. The highest BCUT2D eigenvalue weighted by molar-refractivity contribution is 5.21. The van der Waals surface area contributed by atoms with Crippen LogP contribution in [0, 0.1) is 0 Å². The van der Waals surface area contributed by atoms with Gasteiger partial charge in [-0.05, 0) is 12.5 Å². The molecule has 0 saturated carbocycles. The van der Waals surface area contributed by atoms with Gasteiger partial charge in [-0.3, -0.25) is 0 Å². The van der Waals surface area contributed by atoms with Crippen LogP contribution in [0.1, 0.15) is 19.8 Å². The van der Waals surface area contributed by atoms with Crippen LogP contribution >= 0.6 is 0 Å². The lowest BCUT2D eigenvalue weighted by Crippen LogP contribution is -1.64. The van der Waals surface area contributed by atoms with Gasteiger partial charge in [-0.25, -0.2) is 0 Å². The predicted molar refractivity (Wildman–Crippen MR) is 34.7 cm³/mol. The minimum Gasteiger partial charge on any atom is -0.366 e. The van der Waals surface area contributed by atoms with Gasteiger partial charge in [0.2, 0.25) is 0 Å². The predicted octanol–water partition coefficient (Wildman–Crippen LogP) is 1.93. The molecule has 0 heterocycles. The van der Waals surface area contributed by atoms with Gasteiger partial charge in [0, 0.05) is 6.72 Å². The zero-order valence-electron chi connectivity index (χ0n) is 5.13. The summed E-state index contributed by atoms with van der Waals surface area (Å²) in [5.41, 5.74) is 0. The molecule has 0 aliphatic heterocycles. The number of rotatable bonds is 4. The molecule has 0 unspecified atom stereocenters. The van der Waals surface area contributed by atoms with Crippen LogP contribution in [0.2, 0.25) is 0 Å². The maximum absolute atomic E-state index is 4.47. The summed E-state index contributed by atoms with van der Waals surface area (Å²) in [5, 5.41) is 3.17. The number of unbranched alkanes of at least 4 members (excludes halogenated alkanes) is 1. The van der Waals surface area contributed by atoms with Gasteiger partial charge in [-0.15, -0.1) is 0 Å². The Morgan fingerprint density at radius 1 is 1.75 bits per heavy atom. The van der Waals surface area contributed by atoms with Crippen molar-refractivity contribution in [2.75, 3.05) is 0 Å². The molecule has 0 atom stereocenters. The van der Waals surface area contributed by atoms with Crippen molar-refractivity contribution in [1.82, 2.24) is 0 Å². The molecule has 2 heteroatoms. The van der Waals surface area contributed by atoms with Gasteiger partial charge in [-0.2, -0.15) is 0 Å². The molecule has 0 rings (SSSR count). The molecular weight excluding hydrogens is 102 g/mol. The molecule has 0 saturated heterocycles. The fourth-order valence-electron chi connectivity index (χ4n) is 0.321. The second kappa shape index (κ2) is 6.21. The smallest absolute Gasteiger partial charge is 0.118 e. The van der Waals surface area contributed by atoms with Crippen LogP contribution in [0.25, 0.3) is 0 Å². The van der Waals surface area contributed by atoms with Crippen molar-refractivity contribution < 1.29 is 4.84 Å². The number of allylic oxidation sites excluding steroid dienone is 1. The first kappa shape index (κ1) is 7.21. The molecule has 0 N–H and O–H groups in total. The summed E-state index contributed by atoms with van der Waals surface area (Å²) < 4.78 is 0. The van der Waals surface area contributed by atoms with E-state index in [1.54, 1.807) is 0 Å². The Hall–Kier alpha value is -0.790. The zero-order chi connectivity index (χ0) is 6.24. The molecule has 0 fully saturated rings. The minimum atomic E-state index is 1.04. The third-order valence-electron chi connectivity index (χ3n) is 0.687. The summed E-state index contributed by atoms with van der Waals surface area (Å²) in [5.74, 6) is 0. The van der Waals surface area contributed by atoms with Crippen LogP contribution in [0.4, 0.5) is 0 Å². The van der Waals surface area contributed by atoms with E-state index in [9.17, 15) is 0 Å². The van der Waals surface area contributed by atoms with Gasteiger partial charge in [0.1, 0.15) is 6.26 Å². The molecule has 2 nitrogen and oxygen atoms in total. The Bertz CT molecular complexity index is 78.6. The lowest BCUT2D eigenvalue weighted by Gasteiger charge is -1.83. The Labute approximate surface area is 49.8 Å². The fourth-order valence-corrected chi connectivity index (χ4v) is 0.321. The molecule has 0 aromatic rings. The Morgan fingerprint density at radius 3 is 3.00 bits per heavy atom. The van der Waals surface area contributed by atoms with Crippen LogP contribution in [-0.4, -0.2) is 6.72 Å². The molecule has 0 radical (unpaired) electrons. The van der Waals surface area contributed by atoms with Crippen molar-refractivity contribution >= 4 is 6.72 Å². The maximum Gasteiger partial charge on any atom is 0.118 e. The van der Waals surface area contributed by atoms with Crippen LogP contribution < -0.4 is 0 Å². The molecule has 46 valence electrons. The molecule has 0 aliphatic carbocycles. The van der Waals surface area contributed by atoms with Crippen molar-refractivity contribution in [2.45, 2.75) is 19.8 Å². The third-order valence-corrected chi connectivity index (χ3v) is 0.687. The molecule has 0 amide bonds. The van der Waals surface area contributed by atoms with Crippen molar-refractivity contribution in [1.29, 1.82) is 0 Å². The minimum absolute atomic E-state index is 1.04. The average Bonchev–Trinajstić information content (AvgIpc) is 1.81. The van der Waals surface area contributed by atoms with E-state index in [2.05, 4.69) is 23.6 Å². The molecule has 0 aromatic carbocycles. The monoisotopic (exact) mass is 113 g/mol. The molecule has 0 bridgehead atoms. The van der Waals surface area contributed by atoms with Gasteiger partial charge in [0.15, 0.2) is 0 Å². The SMILES string of the molecule is C=NO/C=C/CCC. The van der Waals surface area contributed by atoms with E-state index < -0.39 is 0 Å². The summed E-state index contributed by atoms with van der Waals surface area (Å²) in [6.45, 7) is 5.24. The van der Waals surface area contributed by atoms with Gasteiger partial charge < -0.3 is 4.84 Å². The second-order valence-electron chi connectivity index (χ2n) is 1.39. The first-order valence-electron chi connectivity index (χ1n) is 2.68. The number of oxime groups is 1. The first-order valence-corrected chi connectivity index (χ1v) is 2.68. The van der Waals surface area contributed by atoms with E-state index in [4.69, 9.17) is 0 Å². The topological polar surface area (TPSA) is 21.6 Å². The summed E-state index contributed by atoms with van der Waals surface area (Å²) in [7, 11) is 0. The summed E-state index contributed by atoms with van der Waals surface area (Å²) >= 11 is 0. The maximum atomic E-state index is 4.47. The van der Waals surface area contributed by atoms with Crippen molar-refractivity contribution in [3.05, 3.63) is 12.3 Å². The largest absolute Gasteiger partial charge is 0.366 e. The van der Waals surface area contributed by atoms with Crippen molar-refractivity contribution in [2.24, 2.45) is 5.16 Å². The quantitative estimate of drug-likeness (QED) is 0.310. The van der Waals surface area contributed by atoms with Gasteiger partial charge in [0.05, 0.1) is 0 Å². The number of nitrogens with zero attached hydrogens (tertiary/aromatic N) is 1. The van der Waals surface area contributed by atoms with E-state index in [1.165, 1.54) is 6.26 Å². The standard InChI is InChI=1S/C6H11NO/c1-3-4-5-6-8-7-2/h5-6H,2-4H2,1H3/b6-5+. The Kier molecular flexibility index (Phi) is 5.60. The van der Waals surface area contributed by atoms with E-state index in [1.807, 2.05) is 6.08 Å². The Morgan fingerprint density at radius 2 is 2.50 bits per heavy atom. The van der Waals surface area contributed by atoms with Crippen molar-refractivity contribution in [3.63, 3.8) is 0 Å². The highest BCUT2D eigenvalue weighted by Gasteiger charge is 1.69. The Balaban J connectivity index is 2.94. The van der Waals surface area contributed by atoms with Crippen LogP contribution in [-0.2, 0) is 4.84 Å². The molecule has 8 heavy (non-hydrogen) atoms. The number of hydrogen-bond donors (Lipinski definition) is 0. The first-order chi connectivity index (χ1) is 3.91. The normalized spacial score (nSPS) is 9.62. The van der Waals surface area contributed by atoms with Gasteiger partial charge >= 0.3 is 0 Å². The van der Waals surface area contributed by atoms with Crippen LogP contribution in [0.15, 0.2) is 17.5 Å². The summed E-state index contributed by atoms with van der Waals surface area (Å²) in [6, 6.07) is 0. The number of hydrogen-bond acceptors (Lipinski definition) is 2. The van der Waals surface area contributed by atoms with Crippen LogP contribution in [0.3, 0.4) is 0 Å². The van der Waals surface area contributed by atoms with Gasteiger partial charge in [-0.1, -0.05) is 18.5 Å². The van der Waals surface area contributed by atoms with E-state index in [0.717, 1.165) is 12.8 Å². The van der Waals surface area contributed by atoms with Gasteiger partial charge in [0.25, 0.3) is 0 Å². The lowest BCUT2D eigenvalue weighted by molar-refractivity contribution is 0.271. The van der Waals surface area contributed by atoms with E-state index in [-0.39, 0.29) is 0 Å². The molecule has 0 aliphatic rings. The average molecular weight is 113 g/mol. The summed E-state index contributed by atoms with van der Waals surface area (Å²) in [6.07, 6.45) is 5.62. The molecular formula is C6H11NO. The van der Waals surface area contributed by atoms with Crippen molar-refractivity contribution in [3.8, 4) is 0 Å². The van der Waals surface area contributed by atoms with Crippen LogP contribution in [0.5, 0.6) is 0 Å². The highest BCUT2D eigenvalue weighted by Crippen LogP contribution is 1.87. The summed E-state index contributed by atoms with van der Waals surface area (Å²) in [4.78, 5) is 4.47. The second-order valence-corrected chi connectivity index (χ2v) is 1.39. The molecule has 0 spiro atoms. The third kappa shape index (κ3) is 5.21. The van der Waals surface area contributed by atoms with E-state index >= 15 is 0 Å². The fraction of sp³-hybridized carbons (Fsp3) is 0.500. The van der Waals surface area contributed by atoms with E-state index in [0.29, 0.717) is 0 Å². The lowest BCUT2D eigenvalue weighted by atomic mass is 10.3.